The quantitative estimate of drug-likeness (QED) is 0.796. The molecule has 0 spiro atoms. The normalized spacial score (nSPS) is 11.8. The molecule has 1 aromatic carbocycles. The van der Waals surface area contributed by atoms with Gasteiger partial charge in [-0.25, -0.2) is 0 Å². The fourth-order valence-electron chi connectivity index (χ4n) is 1.27. The molecule has 3 heteroatoms. The van der Waals surface area contributed by atoms with Gasteiger partial charge in [0.2, 0.25) is 0 Å². The molecule has 0 bridgehead atoms. The predicted octanol–water partition coefficient (Wildman–Crippen LogP) is 1.88. The smallest absolute Gasteiger partial charge is 0.130 e. The van der Waals surface area contributed by atoms with Crippen molar-refractivity contribution in [3.8, 4) is 11.8 Å². The Kier molecular flexibility index (Phi) is 4.65. The molecule has 1 rings (SSSR count). The lowest BCUT2D eigenvalue weighted by Gasteiger charge is -2.11. The van der Waals surface area contributed by atoms with E-state index in [0.29, 0.717) is 6.61 Å². The van der Waals surface area contributed by atoms with Gasteiger partial charge < -0.3 is 4.74 Å². The minimum Gasteiger partial charge on any atom is -0.491 e. The minimum absolute atomic E-state index is 0.240. The van der Waals surface area contributed by atoms with Crippen molar-refractivity contribution in [3.05, 3.63) is 29.8 Å². The molecule has 0 saturated carbocycles. The highest BCUT2D eigenvalue weighted by molar-refractivity contribution is 5.27. The Balaban J connectivity index is 2.46. The highest BCUT2D eigenvalue weighted by atomic mass is 16.5. The Morgan fingerprint density at radius 1 is 1.53 bits per heavy atom. The van der Waals surface area contributed by atoms with Crippen LogP contribution in [-0.2, 0) is 0 Å². The lowest BCUT2D eigenvalue weighted by Crippen LogP contribution is -2.32. The highest BCUT2D eigenvalue weighted by Crippen LogP contribution is 2.12. The first-order valence-corrected chi connectivity index (χ1v) is 5.08. The van der Waals surface area contributed by atoms with Crippen LogP contribution in [0.2, 0.25) is 0 Å². The van der Waals surface area contributed by atoms with Crippen molar-refractivity contribution < 1.29 is 4.74 Å². The Morgan fingerprint density at radius 2 is 2.33 bits per heavy atom. The second-order valence-corrected chi connectivity index (χ2v) is 3.37. The summed E-state index contributed by atoms with van der Waals surface area (Å²) >= 11 is 0. The average molecular weight is 204 g/mol. The van der Waals surface area contributed by atoms with Gasteiger partial charge in [-0.1, -0.05) is 19.1 Å². The number of hydrogen-bond acceptors (Lipinski definition) is 3. The van der Waals surface area contributed by atoms with Crippen molar-refractivity contribution in [2.75, 3.05) is 13.2 Å². The summed E-state index contributed by atoms with van der Waals surface area (Å²) < 4.78 is 5.51. The summed E-state index contributed by atoms with van der Waals surface area (Å²) in [6.45, 7) is 5.14. The maximum absolute atomic E-state index is 8.80. The molecule has 0 aliphatic carbocycles. The van der Waals surface area contributed by atoms with Crippen molar-refractivity contribution in [1.29, 1.82) is 5.26 Å². The first-order valence-electron chi connectivity index (χ1n) is 5.08. The van der Waals surface area contributed by atoms with Gasteiger partial charge in [0.05, 0.1) is 6.07 Å². The summed E-state index contributed by atoms with van der Waals surface area (Å²) in [6.07, 6.45) is 0. The zero-order valence-electron chi connectivity index (χ0n) is 9.16. The fraction of sp³-hybridized carbons (Fsp3) is 0.417. The Morgan fingerprint density at radius 3 is 2.93 bits per heavy atom. The standard InChI is InChI=1S/C12H16N2O/c1-3-14-11(8-13)9-15-12-6-4-5-10(2)7-12/h4-7,11,14H,3,9H2,1-2H3. The van der Waals surface area contributed by atoms with Crippen LogP contribution >= 0.6 is 0 Å². The van der Waals surface area contributed by atoms with Gasteiger partial charge in [0, 0.05) is 0 Å². The summed E-state index contributed by atoms with van der Waals surface area (Å²) in [5.74, 6) is 0.813. The molecule has 0 amide bonds. The zero-order chi connectivity index (χ0) is 11.1. The van der Waals surface area contributed by atoms with E-state index in [1.54, 1.807) is 0 Å². The van der Waals surface area contributed by atoms with Crippen molar-refractivity contribution in [1.82, 2.24) is 5.32 Å². The van der Waals surface area contributed by atoms with Crippen LogP contribution in [0.25, 0.3) is 0 Å². The van der Waals surface area contributed by atoms with E-state index in [-0.39, 0.29) is 6.04 Å². The summed E-state index contributed by atoms with van der Waals surface area (Å²) in [4.78, 5) is 0. The van der Waals surface area contributed by atoms with E-state index in [1.807, 2.05) is 38.1 Å². The third-order valence-corrected chi connectivity index (χ3v) is 2.01. The molecule has 1 unspecified atom stereocenters. The van der Waals surface area contributed by atoms with E-state index < -0.39 is 0 Å². The van der Waals surface area contributed by atoms with Gasteiger partial charge in [0.15, 0.2) is 0 Å². The second kappa shape index (κ2) is 6.05. The first-order chi connectivity index (χ1) is 7.26. The largest absolute Gasteiger partial charge is 0.491 e. The molecule has 0 aliphatic rings. The molecule has 0 heterocycles. The van der Waals surface area contributed by atoms with E-state index >= 15 is 0 Å². The third kappa shape index (κ3) is 4.01. The summed E-state index contributed by atoms with van der Waals surface area (Å²) in [7, 11) is 0. The van der Waals surface area contributed by atoms with Crippen LogP contribution < -0.4 is 10.1 Å². The zero-order valence-corrected chi connectivity index (χ0v) is 9.16. The van der Waals surface area contributed by atoms with E-state index in [1.165, 1.54) is 0 Å². The van der Waals surface area contributed by atoms with Crippen molar-refractivity contribution in [3.63, 3.8) is 0 Å². The molecular weight excluding hydrogens is 188 g/mol. The third-order valence-electron chi connectivity index (χ3n) is 2.01. The molecule has 1 atom stereocenters. The van der Waals surface area contributed by atoms with Crippen molar-refractivity contribution >= 4 is 0 Å². The van der Waals surface area contributed by atoms with Gasteiger partial charge in [-0.2, -0.15) is 5.26 Å². The molecule has 0 fully saturated rings. The molecule has 0 aromatic heterocycles. The second-order valence-electron chi connectivity index (χ2n) is 3.37. The van der Waals surface area contributed by atoms with Crippen LogP contribution in [0.1, 0.15) is 12.5 Å². The molecular formula is C12H16N2O. The van der Waals surface area contributed by atoms with E-state index in [0.717, 1.165) is 17.9 Å². The van der Waals surface area contributed by atoms with E-state index in [9.17, 15) is 0 Å². The van der Waals surface area contributed by atoms with E-state index in [2.05, 4.69) is 11.4 Å². The number of rotatable bonds is 5. The van der Waals surface area contributed by atoms with Gasteiger partial charge in [-0.3, -0.25) is 5.32 Å². The van der Waals surface area contributed by atoms with Crippen LogP contribution in [0.4, 0.5) is 0 Å². The summed E-state index contributed by atoms with van der Waals surface area (Å²) in [5, 5.41) is 11.8. The van der Waals surface area contributed by atoms with Gasteiger partial charge in [0.25, 0.3) is 0 Å². The number of benzene rings is 1. The van der Waals surface area contributed by atoms with Crippen LogP contribution in [-0.4, -0.2) is 19.2 Å². The highest BCUT2D eigenvalue weighted by Gasteiger charge is 2.05. The maximum Gasteiger partial charge on any atom is 0.130 e. The number of ether oxygens (including phenoxy) is 1. The Hall–Kier alpha value is -1.53. The van der Waals surface area contributed by atoms with Crippen LogP contribution in [0.5, 0.6) is 5.75 Å². The van der Waals surface area contributed by atoms with Gasteiger partial charge in [-0.15, -0.1) is 0 Å². The number of nitrogens with one attached hydrogen (secondary N) is 1. The molecule has 0 radical (unpaired) electrons. The minimum atomic E-state index is -0.240. The molecule has 0 aliphatic heterocycles. The SMILES string of the molecule is CCNC(C#N)COc1cccc(C)c1. The molecule has 3 nitrogen and oxygen atoms in total. The van der Waals surface area contributed by atoms with Gasteiger partial charge >= 0.3 is 0 Å². The van der Waals surface area contributed by atoms with Crippen LogP contribution in [0.15, 0.2) is 24.3 Å². The van der Waals surface area contributed by atoms with Gasteiger partial charge in [0.1, 0.15) is 18.4 Å². The molecule has 15 heavy (non-hydrogen) atoms. The first kappa shape index (κ1) is 11.5. The average Bonchev–Trinajstić information content (AvgIpc) is 2.24. The number of hydrogen-bond donors (Lipinski definition) is 1. The molecule has 1 aromatic rings. The lowest BCUT2D eigenvalue weighted by atomic mass is 10.2. The van der Waals surface area contributed by atoms with Crippen LogP contribution in [0, 0.1) is 18.3 Å². The molecule has 0 saturated heterocycles. The Bertz CT molecular complexity index is 344. The monoisotopic (exact) mass is 204 g/mol. The number of likely N-dealkylation sites (N-methyl/N-ethyl adjacent to an activating group) is 1. The number of nitrogens with zero attached hydrogens (tertiary/aromatic N) is 1. The topological polar surface area (TPSA) is 45.0 Å². The predicted molar refractivity (Wildman–Crippen MR) is 59.8 cm³/mol. The van der Waals surface area contributed by atoms with Gasteiger partial charge in [-0.05, 0) is 31.2 Å². The number of aryl methyl sites for hydroxylation is 1. The fourth-order valence-corrected chi connectivity index (χ4v) is 1.27. The van der Waals surface area contributed by atoms with Crippen molar-refractivity contribution in [2.45, 2.75) is 19.9 Å². The number of nitriles is 1. The van der Waals surface area contributed by atoms with E-state index in [4.69, 9.17) is 10.00 Å². The van der Waals surface area contributed by atoms with Crippen molar-refractivity contribution in [2.24, 2.45) is 0 Å². The molecule has 1 N–H and O–H groups in total. The summed E-state index contributed by atoms with van der Waals surface area (Å²) in [6, 6.07) is 9.72. The Labute approximate surface area is 90.7 Å². The molecule has 80 valence electrons. The van der Waals surface area contributed by atoms with Crippen LogP contribution in [0.3, 0.4) is 0 Å². The summed E-state index contributed by atoms with van der Waals surface area (Å²) in [5.41, 5.74) is 1.16. The maximum atomic E-state index is 8.80. The lowest BCUT2D eigenvalue weighted by molar-refractivity contribution is 0.291.